The first-order valence-electron chi connectivity index (χ1n) is 10.3. The molecule has 0 aliphatic carbocycles. The molecule has 0 radical (unpaired) electrons. The highest BCUT2D eigenvalue weighted by Gasteiger charge is 2.27. The highest BCUT2D eigenvalue weighted by atomic mass is 32.2. The molecule has 0 atom stereocenters. The maximum Gasteiger partial charge on any atom is 0.304 e. The lowest BCUT2D eigenvalue weighted by Crippen LogP contribution is -2.37. The average molecular weight is 459 g/mol. The summed E-state index contributed by atoms with van der Waals surface area (Å²) in [6.07, 6.45) is 0.109. The molecule has 8 nitrogen and oxygen atoms in total. The Morgan fingerprint density at radius 3 is 2.69 bits per heavy atom. The fraction of sp³-hybridized carbons (Fsp3) is 0.391. The number of carboxylic acid groups (broad SMARTS) is 1. The van der Waals surface area contributed by atoms with Crippen molar-refractivity contribution in [3.05, 3.63) is 58.7 Å². The third-order valence-corrected chi connectivity index (χ3v) is 6.87. The first kappa shape index (κ1) is 23.6. The van der Waals surface area contributed by atoms with Crippen LogP contribution in [0.1, 0.15) is 42.5 Å². The number of benzene rings is 2. The third kappa shape index (κ3) is 5.99. The minimum absolute atomic E-state index is 0.0350. The van der Waals surface area contributed by atoms with Gasteiger partial charge >= 0.3 is 5.97 Å². The SMILES string of the molecule is CC(C)Oc1ccc(COc2ccc3c(c2)CN(S(=O)(=O)CCC(=O)O)CC3)cc1C#N. The van der Waals surface area contributed by atoms with E-state index in [1.165, 1.54) is 4.31 Å². The Kier molecular flexibility index (Phi) is 7.38. The molecular formula is C23H26N2O6S. The van der Waals surface area contributed by atoms with Gasteiger partial charge in [-0.05, 0) is 61.2 Å². The summed E-state index contributed by atoms with van der Waals surface area (Å²) < 4.78 is 37.7. The van der Waals surface area contributed by atoms with Crippen LogP contribution in [0.2, 0.25) is 0 Å². The normalized spacial score (nSPS) is 13.9. The van der Waals surface area contributed by atoms with Gasteiger partial charge in [0, 0.05) is 13.1 Å². The number of ether oxygens (including phenoxy) is 2. The van der Waals surface area contributed by atoms with Crippen molar-refractivity contribution in [2.24, 2.45) is 0 Å². The van der Waals surface area contributed by atoms with Gasteiger partial charge in [0.1, 0.15) is 24.2 Å². The summed E-state index contributed by atoms with van der Waals surface area (Å²) >= 11 is 0. The van der Waals surface area contributed by atoms with Crippen LogP contribution in [0.5, 0.6) is 11.5 Å². The molecule has 3 rings (SSSR count). The van der Waals surface area contributed by atoms with Crippen LogP contribution >= 0.6 is 0 Å². The Balaban J connectivity index is 1.68. The van der Waals surface area contributed by atoms with Crippen LogP contribution in [0.4, 0.5) is 0 Å². The molecule has 0 saturated carbocycles. The number of nitrogens with zero attached hydrogens (tertiary/aromatic N) is 2. The molecule has 0 fully saturated rings. The minimum Gasteiger partial charge on any atom is -0.490 e. The Morgan fingerprint density at radius 1 is 1.22 bits per heavy atom. The van der Waals surface area contributed by atoms with Gasteiger partial charge in [-0.15, -0.1) is 0 Å². The number of carbonyl (C=O) groups is 1. The number of sulfonamides is 1. The number of nitriles is 1. The Morgan fingerprint density at radius 2 is 2.00 bits per heavy atom. The van der Waals surface area contributed by atoms with E-state index in [-0.39, 0.29) is 19.3 Å². The van der Waals surface area contributed by atoms with Crippen molar-refractivity contribution in [2.45, 2.75) is 45.9 Å². The summed E-state index contributed by atoms with van der Waals surface area (Å²) in [6, 6.07) is 13.0. The summed E-state index contributed by atoms with van der Waals surface area (Å²) in [5, 5.41) is 18.2. The van der Waals surface area contributed by atoms with Crippen molar-refractivity contribution in [1.82, 2.24) is 4.31 Å². The van der Waals surface area contributed by atoms with Gasteiger partial charge in [0.15, 0.2) is 0 Å². The van der Waals surface area contributed by atoms with Crippen LogP contribution in [0.25, 0.3) is 0 Å². The molecule has 1 N–H and O–H groups in total. The predicted molar refractivity (Wildman–Crippen MR) is 118 cm³/mol. The third-order valence-electron chi connectivity index (χ3n) is 5.05. The maximum atomic E-state index is 12.4. The molecule has 0 aromatic heterocycles. The van der Waals surface area contributed by atoms with Crippen LogP contribution in [-0.2, 0) is 34.4 Å². The quantitative estimate of drug-likeness (QED) is 0.614. The van der Waals surface area contributed by atoms with Crippen molar-refractivity contribution in [2.75, 3.05) is 12.3 Å². The van der Waals surface area contributed by atoms with Crippen molar-refractivity contribution < 1.29 is 27.8 Å². The molecule has 0 saturated heterocycles. The zero-order valence-corrected chi connectivity index (χ0v) is 18.9. The number of aliphatic carboxylic acids is 1. The Hall–Kier alpha value is -3.09. The second-order valence-electron chi connectivity index (χ2n) is 7.87. The summed E-state index contributed by atoms with van der Waals surface area (Å²) in [4.78, 5) is 10.7. The first-order valence-corrected chi connectivity index (χ1v) is 11.9. The molecule has 9 heteroatoms. The highest BCUT2D eigenvalue weighted by Crippen LogP contribution is 2.27. The molecule has 170 valence electrons. The van der Waals surface area contributed by atoms with Gasteiger partial charge in [0.2, 0.25) is 10.0 Å². The van der Waals surface area contributed by atoms with E-state index in [2.05, 4.69) is 6.07 Å². The van der Waals surface area contributed by atoms with Gasteiger partial charge in [0.05, 0.1) is 23.8 Å². The van der Waals surface area contributed by atoms with E-state index in [9.17, 15) is 18.5 Å². The fourth-order valence-electron chi connectivity index (χ4n) is 3.46. The van der Waals surface area contributed by atoms with Crippen LogP contribution in [-0.4, -0.2) is 42.2 Å². The molecule has 1 aliphatic rings. The number of hydrogen-bond acceptors (Lipinski definition) is 6. The molecule has 2 aromatic rings. The second-order valence-corrected chi connectivity index (χ2v) is 9.96. The zero-order chi connectivity index (χ0) is 23.3. The van der Waals surface area contributed by atoms with Crippen molar-refractivity contribution in [3.63, 3.8) is 0 Å². The van der Waals surface area contributed by atoms with E-state index in [4.69, 9.17) is 14.6 Å². The zero-order valence-electron chi connectivity index (χ0n) is 18.1. The van der Waals surface area contributed by atoms with Crippen LogP contribution < -0.4 is 9.47 Å². The van der Waals surface area contributed by atoms with Crippen LogP contribution in [0.3, 0.4) is 0 Å². The Bertz CT molecular complexity index is 1140. The van der Waals surface area contributed by atoms with E-state index < -0.39 is 28.2 Å². The lowest BCUT2D eigenvalue weighted by molar-refractivity contribution is -0.136. The van der Waals surface area contributed by atoms with Crippen LogP contribution in [0.15, 0.2) is 36.4 Å². The molecular weight excluding hydrogens is 432 g/mol. The standard InChI is InChI=1S/C23H26N2O6S/c1-16(2)31-22-6-3-17(11-19(22)13-24)15-30-21-5-4-18-7-9-25(14-20(18)12-21)32(28,29)10-8-23(26)27/h3-6,11-12,16H,7-10,14-15H2,1-2H3,(H,26,27). The summed E-state index contributed by atoms with van der Waals surface area (Å²) in [7, 11) is -3.64. The molecule has 2 aromatic carbocycles. The van der Waals surface area contributed by atoms with Crippen LogP contribution in [0, 0.1) is 11.3 Å². The van der Waals surface area contributed by atoms with E-state index in [0.29, 0.717) is 30.0 Å². The number of hydrogen-bond donors (Lipinski definition) is 1. The molecule has 32 heavy (non-hydrogen) atoms. The van der Waals surface area contributed by atoms with Gasteiger partial charge in [-0.3, -0.25) is 4.79 Å². The largest absolute Gasteiger partial charge is 0.490 e. The maximum absolute atomic E-state index is 12.4. The van der Waals surface area contributed by atoms with E-state index in [0.717, 1.165) is 16.7 Å². The summed E-state index contributed by atoms with van der Waals surface area (Å²) in [6.45, 7) is 4.56. The van der Waals surface area contributed by atoms with E-state index >= 15 is 0 Å². The predicted octanol–water partition coefficient (Wildman–Crippen LogP) is 3.09. The number of rotatable bonds is 9. The Labute approximate surface area is 188 Å². The first-order chi connectivity index (χ1) is 15.2. The van der Waals surface area contributed by atoms with Gasteiger partial charge in [-0.2, -0.15) is 9.57 Å². The molecule has 0 amide bonds. The smallest absolute Gasteiger partial charge is 0.304 e. The summed E-state index contributed by atoms with van der Waals surface area (Å²) in [5.41, 5.74) is 3.13. The molecule has 1 heterocycles. The average Bonchev–Trinajstić information content (AvgIpc) is 2.76. The van der Waals surface area contributed by atoms with Crippen molar-refractivity contribution >= 4 is 16.0 Å². The van der Waals surface area contributed by atoms with Crippen molar-refractivity contribution in [3.8, 4) is 17.6 Å². The summed E-state index contributed by atoms with van der Waals surface area (Å²) in [5.74, 6) is -0.421. The molecule has 0 spiro atoms. The monoisotopic (exact) mass is 458 g/mol. The van der Waals surface area contributed by atoms with Gasteiger partial charge in [-0.25, -0.2) is 8.42 Å². The minimum atomic E-state index is -3.64. The lowest BCUT2D eigenvalue weighted by Gasteiger charge is -2.28. The molecule has 0 unspecified atom stereocenters. The highest BCUT2D eigenvalue weighted by molar-refractivity contribution is 7.89. The van der Waals surface area contributed by atoms with E-state index in [1.54, 1.807) is 12.1 Å². The van der Waals surface area contributed by atoms with Gasteiger partial charge < -0.3 is 14.6 Å². The number of fused-ring (bicyclic) bond motifs is 1. The topological polar surface area (TPSA) is 117 Å². The second kappa shape index (κ2) is 10.0. The molecule has 1 aliphatic heterocycles. The van der Waals surface area contributed by atoms with Crippen molar-refractivity contribution in [1.29, 1.82) is 5.26 Å². The van der Waals surface area contributed by atoms with E-state index in [1.807, 2.05) is 38.1 Å². The van der Waals surface area contributed by atoms with Gasteiger partial charge in [0.25, 0.3) is 0 Å². The molecule has 0 bridgehead atoms. The fourth-order valence-corrected chi connectivity index (χ4v) is 4.85. The number of carboxylic acids is 1. The lowest BCUT2D eigenvalue weighted by atomic mass is 10.0. The van der Waals surface area contributed by atoms with Gasteiger partial charge in [-0.1, -0.05) is 12.1 Å².